The minimum atomic E-state index is -0.378. The molecule has 140 valence electrons. The number of rotatable bonds is 4. The lowest BCUT2D eigenvalue weighted by Crippen LogP contribution is -2.36. The van der Waals surface area contributed by atoms with Crippen LogP contribution in [-0.2, 0) is 17.6 Å². The Bertz CT molecular complexity index is 883. The first-order valence-corrected chi connectivity index (χ1v) is 10.5. The molecule has 5 nitrogen and oxygen atoms in total. The number of thioether (sulfide) groups is 1. The van der Waals surface area contributed by atoms with Crippen molar-refractivity contribution in [2.24, 2.45) is 0 Å². The maximum Gasteiger partial charge on any atom is 0.269 e. The van der Waals surface area contributed by atoms with E-state index in [0.29, 0.717) is 17.5 Å². The third kappa shape index (κ3) is 3.72. The molecule has 1 aliphatic carbocycles. The number of aryl methyl sites for hydroxylation is 2. The zero-order chi connectivity index (χ0) is 18.8. The van der Waals surface area contributed by atoms with Crippen LogP contribution in [0.5, 0.6) is 0 Å². The van der Waals surface area contributed by atoms with Crippen LogP contribution in [0.15, 0.2) is 42.5 Å². The molecule has 27 heavy (non-hydrogen) atoms. The molecule has 1 aliphatic heterocycles. The molecule has 6 heteroatoms. The van der Waals surface area contributed by atoms with Crippen LogP contribution in [0.3, 0.4) is 0 Å². The van der Waals surface area contributed by atoms with Crippen molar-refractivity contribution in [3.8, 4) is 0 Å². The lowest BCUT2D eigenvalue weighted by molar-refractivity contribution is -0.384. The van der Waals surface area contributed by atoms with E-state index in [1.54, 1.807) is 23.9 Å². The molecule has 0 fully saturated rings. The smallest absolute Gasteiger partial charge is 0.269 e. The maximum absolute atomic E-state index is 12.9. The number of benzene rings is 2. The monoisotopic (exact) mass is 382 g/mol. The fourth-order valence-electron chi connectivity index (χ4n) is 4.09. The number of amides is 1. The summed E-state index contributed by atoms with van der Waals surface area (Å²) < 4.78 is 0. The van der Waals surface area contributed by atoms with Crippen molar-refractivity contribution >= 4 is 29.0 Å². The number of carbonyl (C=O) groups is 1. The molecule has 1 atom stereocenters. The Balaban J connectivity index is 1.47. The lowest BCUT2D eigenvalue weighted by Gasteiger charge is -2.30. The normalized spacial score (nSPS) is 18.5. The zero-order valence-corrected chi connectivity index (χ0v) is 15.9. The number of carbonyl (C=O) groups excluding carboxylic acids is 1. The predicted molar refractivity (Wildman–Crippen MR) is 108 cm³/mol. The summed E-state index contributed by atoms with van der Waals surface area (Å²) >= 11 is 1.73. The first kappa shape index (κ1) is 18.0. The maximum atomic E-state index is 12.9. The molecule has 0 aromatic heterocycles. The molecule has 4 rings (SSSR count). The highest BCUT2D eigenvalue weighted by Crippen LogP contribution is 2.40. The van der Waals surface area contributed by atoms with Gasteiger partial charge in [0.05, 0.1) is 10.7 Å². The second-order valence-corrected chi connectivity index (χ2v) is 8.30. The van der Waals surface area contributed by atoms with Gasteiger partial charge in [0.1, 0.15) is 0 Å². The van der Waals surface area contributed by atoms with Gasteiger partial charge in [-0.05, 0) is 54.9 Å². The number of hydrogen-bond acceptors (Lipinski definition) is 4. The highest BCUT2D eigenvalue weighted by molar-refractivity contribution is 8.00. The first-order valence-electron chi connectivity index (χ1n) is 9.40. The Kier molecular flexibility index (Phi) is 5.16. The van der Waals surface area contributed by atoms with Crippen LogP contribution < -0.4 is 4.90 Å². The summed E-state index contributed by atoms with van der Waals surface area (Å²) in [7, 11) is 0. The number of anilines is 1. The van der Waals surface area contributed by atoms with Gasteiger partial charge in [0, 0.05) is 29.6 Å². The van der Waals surface area contributed by atoms with Gasteiger partial charge in [-0.15, -0.1) is 11.8 Å². The molecule has 2 aromatic carbocycles. The number of nitrogens with zero attached hydrogens (tertiary/aromatic N) is 2. The highest BCUT2D eigenvalue weighted by atomic mass is 32.2. The largest absolute Gasteiger partial charge is 0.311 e. The third-order valence-electron chi connectivity index (χ3n) is 5.42. The van der Waals surface area contributed by atoms with E-state index in [-0.39, 0.29) is 16.5 Å². The van der Waals surface area contributed by atoms with Crippen LogP contribution in [0.1, 0.15) is 41.2 Å². The fourth-order valence-corrected chi connectivity index (χ4v) is 5.33. The molecule has 0 saturated carbocycles. The molecular weight excluding hydrogens is 360 g/mol. The second-order valence-electron chi connectivity index (χ2n) is 7.11. The van der Waals surface area contributed by atoms with E-state index in [0.717, 1.165) is 36.9 Å². The summed E-state index contributed by atoms with van der Waals surface area (Å²) in [6.07, 6.45) is 5.02. The molecule has 0 saturated heterocycles. The quantitative estimate of drug-likeness (QED) is 0.569. The molecular formula is C21H22N2O3S. The molecule has 2 aromatic rings. The number of hydrogen-bond donors (Lipinski definition) is 0. The SMILES string of the molecule is O=C(CSC1CCCc2ccccc21)N1CCCc2cc([N+](=O)[O-])ccc21. The van der Waals surface area contributed by atoms with Gasteiger partial charge in [0.2, 0.25) is 5.91 Å². The summed E-state index contributed by atoms with van der Waals surface area (Å²) in [6, 6.07) is 13.4. The van der Waals surface area contributed by atoms with Crippen molar-refractivity contribution in [2.45, 2.75) is 37.4 Å². The minimum absolute atomic E-state index is 0.0937. The summed E-state index contributed by atoms with van der Waals surface area (Å²) in [6.45, 7) is 0.686. The zero-order valence-electron chi connectivity index (χ0n) is 15.1. The predicted octanol–water partition coefficient (Wildman–Crippen LogP) is 4.68. The van der Waals surface area contributed by atoms with E-state index in [1.807, 2.05) is 4.90 Å². The third-order valence-corrected chi connectivity index (χ3v) is 6.72. The summed E-state index contributed by atoms with van der Waals surface area (Å²) in [5.41, 5.74) is 4.61. The molecule has 0 N–H and O–H groups in total. The van der Waals surface area contributed by atoms with Gasteiger partial charge >= 0.3 is 0 Å². The van der Waals surface area contributed by atoms with Crippen LogP contribution in [-0.4, -0.2) is 23.1 Å². The lowest BCUT2D eigenvalue weighted by atomic mass is 9.91. The number of nitro benzene ring substituents is 1. The molecule has 0 bridgehead atoms. The first-order chi connectivity index (χ1) is 13.1. The van der Waals surface area contributed by atoms with Gasteiger partial charge in [-0.3, -0.25) is 14.9 Å². The van der Waals surface area contributed by atoms with Crippen LogP contribution in [0.25, 0.3) is 0 Å². The van der Waals surface area contributed by atoms with Crippen molar-refractivity contribution in [1.82, 2.24) is 0 Å². The minimum Gasteiger partial charge on any atom is -0.311 e. The molecule has 0 spiro atoms. The average molecular weight is 382 g/mol. The molecule has 1 amide bonds. The van der Waals surface area contributed by atoms with Crippen LogP contribution in [0, 0.1) is 10.1 Å². The van der Waals surface area contributed by atoms with Crippen molar-refractivity contribution < 1.29 is 9.72 Å². The van der Waals surface area contributed by atoms with Crippen LogP contribution in [0.2, 0.25) is 0 Å². The van der Waals surface area contributed by atoms with Crippen LogP contribution >= 0.6 is 11.8 Å². The number of non-ortho nitro benzene ring substituents is 1. The topological polar surface area (TPSA) is 63.5 Å². The number of nitro groups is 1. The Morgan fingerprint density at radius 1 is 1.15 bits per heavy atom. The Hall–Kier alpha value is -2.34. The van der Waals surface area contributed by atoms with Gasteiger partial charge in [0.25, 0.3) is 5.69 Å². The average Bonchev–Trinajstić information content (AvgIpc) is 2.71. The molecule has 2 aliphatic rings. The Labute approximate surface area is 162 Å². The van der Waals surface area contributed by atoms with Gasteiger partial charge < -0.3 is 4.90 Å². The molecule has 1 unspecified atom stereocenters. The molecule has 1 heterocycles. The van der Waals surface area contributed by atoms with Gasteiger partial charge in [-0.1, -0.05) is 24.3 Å². The van der Waals surface area contributed by atoms with Crippen molar-refractivity contribution in [1.29, 1.82) is 0 Å². The highest BCUT2D eigenvalue weighted by Gasteiger charge is 2.26. The standard InChI is InChI=1S/C21H22N2O3S/c24-21(14-27-20-9-3-6-15-5-1-2-8-18(15)20)22-12-4-7-16-13-17(23(25)26)10-11-19(16)22/h1-2,5,8,10-11,13,20H,3-4,6-7,9,12,14H2. The van der Waals surface area contributed by atoms with E-state index >= 15 is 0 Å². The molecule has 0 radical (unpaired) electrons. The summed E-state index contributed by atoms with van der Waals surface area (Å²) in [5, 5.41) is 11.4. The van der Waals surface area contributed by atoms with Gasteiger partial charge in [-0.2, -0.15) is 0 Å². The van der Waals surface area contributed by atoms with E-state index in [2.05, 4.69) is 24.3 Å². The van der Waals surface area contributed by atoms with Gasteiger partial charge in [0.15, 0.2) is 0 Å². The summed E-state index contributed by atoms with van der Waals surface area (Å²) in [4.78, 5) is 25.3. The fraction of sp³-hybridized carbons (Fsp3) is 0.381. The number of fused-ring (bicyclic) bond motifs is 2. The summed E-state index contributed by atoms with van der Waals surface area (Å²) in [5.74, 6) is 0.535. The van der Waals surface area contributed by atoms with Crippen LogP contribution in [0.4, 0.5) is 11.4 Å². The second kappa shape index (κ2) is 7.72. The Morgan fingerprint density at radius 2 is 1.96 bits per heavy atom. The van der Waals surface area contributed by atoms with Crippen molar-refractivity contribution in [3.05, 3.63) is 69.3 Å². The van der Waals surface area contributed by atoms with E-state index in [4.69, 9.17) is 0 Å². The van der Waals surface area contributed by atoms with E-state index in [9.17, 15) is 14.9 Å². The van der Waals surface area contributed by atoms with E-state index < -0.39 is 0 Å². The van der Waals surface area contributed by atoms with Gasteiger partial charge in [-0.25, -0.2) is 0 Å². The van der Waals surface area contributed by atoms with Crippen molar-refractivity contribution in [3.63, 3.8) is 0 Å². The van der Waals surface area contributed by atoms with E-state index in [1.165, 1.54) is 23.6 Å². The van der Waals surface area contributed by atoms with Crippen molar-refractivity contribution in [2.75, 3.05) is 17.2 Å². The Morgan fingerprint density at radius 3 is 2.81 bits per heavy atom.